The van der Waals surface area contributed by atoms with E-state index in [4.69, 9.17) is 9.26 Å². The number of aliphatic hydroxyl groups is 1. The van der Waals surface area contributed by atoms with Gasteiger partial charge in [0.25, 0.3) is 11.8 Å². The first kappa shape index (κ1) is 37.3. The molecule has 7 rings (SSSR count). The van der Waals surface area contributed by atoms with Gasteiger partial charge in [-0.05, 0) is 48.9 Å². The van der Waals surface area contributed by atoms with Crippen LogP contribution in [0.3, 0.4) is 0 Å². The first-order valence-corrected chi connectivity index (χ1v) is 18.5. The Hall–Kier alpha value is -6.02. The van der Waals surface area contributed by atoms with Crippen LogP contribution >= 0.6 is 0 Å². The van der Waals surface area contributed by atoms with E-state index in [0.29, 0.717) is 17.1 Å². The Kier molecular flexibility index (Phi) is 11.2. The van der Waals surface area contributed by atoms with E-state index in [-0.39, 0.29) is 50.0 Å². The maximum atomic E-state index is 14.3. The molecule has 1 aliphatic carbocycles. The van der Waals surface area contributed by atoms with Crippen LogP contribution in [0.5, 0.6) is 5.75 Å². The lowest BCUT2D eigenvalue weighted by Crippen LogP contribution is -2.58. The van der Waals surface area contributed by atoms with Gasteiger partial charge in [-0.15, -0.1) is 0 Å². The van der Waals surface area contributed by atoms with Crippen LogP contribution in [-0.2, 0) is 25.6 Å². The van der Waals surface area contributed by atoms with Crippen LogP contribution in [0.15, 0.2) is 95.6 Å². The minimum atomic E-state index is -1.33. The zero-order chi connectivity index (χ0) is 38.5. The SMILES string of the molecule is C[C@@H](O)[C@@H]1NC(=O)COc2cccc(c2)[C@H]2CN(C(=O)c3cnoc3-c3ccccc3)C[C@@H]2NC(=O)[C@H](Cc2ccccc2)NC(=O)CN(CC2CC2)C1=O. The number of hydrogen-bond donors (Lipinski definition) is 4. The number of aromatic nitrogens is 1. The van der Waals surface area contributed by atoms with Gasteiger partial charge in [0, 0.05) is 37.5 Å². The highest BCUT2D eigenvalue weighted by Gasteiger charge is 2.41. The minimum absolute atomic E-state index is 0.137. The van der Waals surface area contributed by atoms with Crippen LogP contribution in [0.25, 0.3) is 11.3 Å². The number of nitrogens with zero attached hydrogens (tertiary/aromatic N) is 3. The molecule has 1 saturated carbocycles. The third-order valence-electron chi connectivity index (χ3n) is 10.2. The molecule has 0 spiro atoms. The van der Waals surface area contributed by atoms with Gasteiger partial charge in [-0.25, -0.2) is 0 Å². The lowest BCUT2D eigenvalue weighted by atomic mass is 9.93. The van der Waals surface area contributed by atoms with E-state index in [2.05, 4.69) is 21.1 Å². The van der Waals surface area contributed by atoms with Crippen LogP contribution < -0.4 is 20.7 Å². The molecule has 3 aromatic carbocycles. The molecular formula is C41H44N6O8. The summed E-state index contributed by atoms with van der Waals surface area (Å²) in [7, 11) is 0. The Bertz CT molecular complexity index is 2020. The molecule has 286 valence electrons. The van der Waals surface area contributed by atoms with Crippen LogP contribution in [0.2, 0.25) is 0 Å². The van der Waals surface area contributed by atoms with E-state index >= 15 is 0 Å². The lowest BCUT2D eigenvalue weighted by molar-refractivity contribution is -0.143. The van der Waals surface area contributed by atoms with E-state index in [1.165, 1.54) is 18.0 Å². The number of hydrogen-bond acceptors (Lipinski definition) is 9. The number of ether oxygens (including phenoxy) is 1. The fourth-order valence-electron chi connectivity index (χ4n) is 7.20. The second kappa shape index (κ2) is 16.6. The van der Waals surface area contributed by atoms with Gasteiger partial charge in [0.05, 0.1) is 24.9 Å². The summed E-state index contributed by atoms with van der Waals surface area (Å²) >= 11 is 0. The number of benzene rings is 3. The topological polar surface area (TPSA) is 183 Å². The molecule has 0 radical (unpaired) electrons. The molecule has 55 heavy (non-hydrogen) atoms. The summed E-state index contributed by atoms with van der Waals surface area (Å²) in [5.41, 5.74) is 2.52. The van der Waals surface area contributed by atoms with Gasteiger partial charge >= 0.3 is 0 Å². The molecule has 0 unspecified atom stereocenters. The molecule has 3 heterocycles. The van der Waals surface area contributed by atoms with E-state index in [1.54, 1.807) is 23.1 Å². The fourth-order valence-corrected chi connectivity index (χ4v) is 7.20. The summed E-state index contributed by atoms with van der Waals surface area (Å²) < 4.78 is 11.4. The largest absolute Gasteiger partial charge is 0.484 e. The predicted molar refractivity (Wildman–Crippen MR) is 199 cm³/mol. The first-order chi connectivity index (χ1) is 26.6. The van der Waals surface area contributed by atoms with Crippen LogP contribution in [0.4, 0.5) is 0 Å². The van der Waals surface area contributed by atoms with E-state index < -0.39 is 60.4 Å². The molecule has 5 amide bonds. The van der Waals surface area contributed by atoms with Crippen molar-refractivity contribution >= 4 is 29.5 Å². The van der Waals surface area contributed by atoms with Crippen molar-refractivity contribution in [1.29, 1.82) is 0 Å². The quantitative estimate of drug-likeness (QED) is 0.220. The van der Waals surface area contributed by atoms with Gasteiger partial charge in [0.2, 0.25) is 17.7 Å². The molecule has 1 aromatic heterocycles. The number of fused-ring (bicyclic) bond motifs is 4. The highest BCUT2D eigenvalue weighted by atomic mass is 16.5. The third kappa shape index (κ3) is 9.03. The molecule has 14 nitrogen and oxygen atoms in total. The molecule has 2 aliphatic heterocycles. The maximum Gasteiger partial charge on any atom is 0.259 e. The lowest BCUT2D eigenvalue weighted by Gasteiger charge is -2.30. The summed E-state index contributed by atoms with van der Waals surface area (Å²) in [4.78, 5) is 72.2. The Balaban J connectivity index is 1.22. The maximum absolute atomic E-state index is 14.3. The fraction of sp³-hybridized carbons (Fsp3) is 0.366. The van der Waals surface area contributed by atoms with Gasteiger partial charge in [-0.1, -0.05) is 78.0 Å². The van der Waals surface area contributed by atoms with Crippen molar-refractivity contribution in [3.05, 3.63) is 108 Å². The normalized spacial score (nSPS) is 23.0. The zero-order valence-electron chi connectivity index (χ0n) is 30.4. The monoisotopic (exact) mass is 748 g/mol. The van der Waals surface area contributed by atoms with Gasteiger partial charge in [-0.2, -0.15) is 0 Å². The van der Waals surface area contributed by atoms with Gasteiger partial charge < -0.3 is 40.1 Å². The Morgan fingerprint density at radius 3 is 2.38 bits per heavy atom. The summed E-state index contributed by atoms with van der Waals surface area (Å²) in [5, 5.41) is 23.1. The van der Waals surface area contributed by atoms with Gasteiger partial charge in [0.15, 0.2) is 12.4 Å². The standard InChI is InChI=1S/C41H44N6O8/c1-25(48)37-41(53)46(20-27-15-16-27)23-35(49)43-33(17-26-9-4-2-5-10-26)39(51)44-34-22-47(40(52)31-19-42-55-38(31)28-11-6-3-7-12-28)21-32(34)29-13-8-14-30(18-29)54-24-36(50)45-37/h2-14,18-19,25,27,32-34,37,48H,15-17,20-24H2,1H3,(H,43,49)(H,44,51)(H,45,50)/t25-,32-,33+,34+,37+/m1/s1. The van der Waals surface area contributed by atoms with E-state index in [9.17, 15) is 29.1 Å². The Morgan fingerprint density at radius 1 is 0.909 bits per heavy atom. The number of rotatable bonds is 7. The molecule has 3 aliphatic rings. The summed E-state index contributed by atoms with van der Waals surface area (Å²) in [6.45, 7) is 1.18. The van der Waals surface area contributed by atoms with Crippen molar-refractivity contribution in [2.24, 2.45) is 5.92 Å². The second-order valence-corrected chi connectivity index (χ2v) is 14.5. The summed E-state index contributed by atoms with van der Waals surface area (Å²) in [5.74, 6) is -2.13. The molecule has 2 bridgehead atoms. The van der Waals surface area contributed by atoms with Crippen molar-refractivity contribution in [3.63, 3.8) is 0 Å². The Labute approximate surface area is 318 Å². The van der Waals surface area contributed by atoms with E-state index in [0.717, 1.165) is 24.0 Å². The van der Waals surface area contributed by atoms with Crippen molar-refractivity contribution in [3.8, 4) is 17.1 Å². The average molecular weight is 749 g/mol. The van der Waals surface area contributed by atoms with Crippen molar-refractivity contribution in [2.75, 3.05) is 32.8 Å². The van der Waals surface area contributed by atoms with Crippen molar-refractivity contribution < 1.29 is 38.3 Å². The van der Waals surface area contributed by atoms with E-state index in [1.807, 2.05) is 66.7 Å². The van der Waals surface area contributed by atoms with Crippen LogP contribution in [-0.4, -0.2) is 107 Å². The van der Waals surface area contributed by atoms with Crippen molar-refractivity contribution in [2.45, 2.75) is 56.3 Å². The summed E-state index contributed by atoms with van der Waals surface area (Å²) in [6, 6.07) is 22.5. The minimum Gasteiger partial charge on any atom is -0.484 e. The number of nitrogens with one attached hydrogen (secondary N) is 3. The first-order valence-electron chi connectivity index (χ1n) is 18.5. The number of aliphatic hydroxyl groups excluding tert-OH is 1. The number of carbonyl (C=O) groups is 5. The highest BCUT2D eigenvalue weighted by molar-refractivity contribution is 5.99. The third-order valence-corrected chi connectivity index (χ3v) is 10.2. The zero-order valence-corrected chi connectivity index (χ0v) is 30.4. The van der Waals surface area contributed by atoms with Crippen molar-refractivity contribution in [1.82, 2.24) is 30.9 Å². The molecule has 14 heteroatoms. The summed E-state index contributed by atoms with van der Waals surface area (Å²) in [6.07, 6.45) is 2.05. The molecule has 4 aromatic rings. The van der Waals surface area contributed by atoms with Gasteiger partial charge in [-0.3, -0.25) is 24.0 Å². The van der Waals surface area contributed by atoms with Crippen LogP contribution in [0.1, 0.15) is 47.2 Å². The highest BCUT2D eigenvalue weighted by Crippen LogP contribution is 2.33. The number of carbonyl (C=O) groups excluding carboxylic acids is 5. The second-order valence-electron chi connectivity index (χ2n) is 14.5. The molecule has 1 saturated heterocycles. The van der Waals surface area contributed by atoms with Gasteiger partial charge in [0.1, 0.15) is 23.4 Å². The smallest absolute Gasteiger partial charge is 0.259 e. The Morgan fingerprint density at radius 2 is 1.65 bits per heavy atom. The van der Waals surface area contributed by atoms with Crippen LogP contribution in [0, 0.1) is 5.92 Å². The number of amides is 5. The molecule has 2 fully saturated rings. The average Bonchev–Trinajstić information content (AvgIpc) is 3.69. The molecule has 5 atom stereocenters. The number of likely N-dealkylation sites (tertiary alicyclic amines) is 1. The predicted octanol–water partition coefficient (Wildman–Crippen LogP) is 2.29. The molecule has 4 N–H and O–H groups in total. The molecular weight excluding hydrogens is 704 g/mol.